The Labute approximate surface area is 120 Å². The van der Waals surface area contributed by atoms with E-state index in [1.807, 2.05) is 4.90 Å². The number of rotatable bonds is 3. The average molecular weight is 326 g/mol. The molecule has 1 aromatic rings. The number of hydrogen-bond acceptors (Lipinski definition) is 3. The molecular weight excluding hydrogens is 310 g/mol. The summed E-state index contributed by atoms with van der Waals surface area (Å²) in [6, 6.07) is 5.01. The van der Waals surface area contributed by atoms with Crippen LogP contribution in [0.2, 0.25) is 0 Å². The number of nitrogens with zero attached hydrogens (tertiary/aromatic N) is 1. The van der Waals surface area contributed by atoms with Gasteiger partial charge in [-0.05, 0) is 38.0 Å². The van der Waals surface area contributed by atoms with E-state index in [0.29, 0.717) is 22.2 Å². The molecule has 1 amide bonds. The van der Waals surface area contributed by atoms with E-state index >= 15 is 0 Å². The van der Waals surface area contributed by atoms with Crippen molar-refractivity contribution >= 4 is 27.8 Å². The molecule has 19 heavy (non-hydrogen) atoms. The number of benzene rings is 1. The fourth-order valence-electron chi connectivity index (χ4n) is 2.15. The van der Waals surface area contributed by atoms with Crippen molar-refractivity contribution in [2.24, 2.45) is 0 Å². The minimum Gasteiger partial charge on any atom is -0.462 e. The lowest BCUT2D eigenvalue weighted by atomic mass is 10.1. The molecule has 5 heteroatoms. The summed E-state index contributed by atoms with van der Waals surface area (Å²) in [5.41, 5.74) is 0.929. The lowest BCUT2D eigenvalue weighted by Crippen LogP contribution is -2.27. The normalized spacial score (nSPS) is 14.5. The third kappa shape index (κ3) is 3.35. The van der Waals surface area contributed by atoms with E-state index in [-0.39, 0.29) is 5.91 Å². The van der Waals surface area contributed by atoms with E-state index in [0.717, 1.165) is 25.9 Å². The first-order valence-corrected chi connectivity index (χ1v) is 7.18. The molecule has 1 aromatic carbocycles. The largest absolute Gasteiger partial charge is 0.462 e. The molecule has 2 rings (SSSR count). The van der Waals surface area contributed by atoms with E-state index in [9.17, 15) is 9.59 Å². The van der Waals surface area contributed by atoms with Gasteiger partial charge < -0.3 is 9.64 Å². The molecule has 0 N–H and O–H groups in total. The van der Waals surface area contributed by atoms with E-state index in [1.165, 1.54) is 0 Å². The third-order valence-corrected chi connectivity index (χ3v) is 3.51. The summed E-state index contributed by atoms with van der Waals surface area (Å²) < 4.78 is 5.67. The van der Waals surface area contributed by atoms with E-state index < -0.39 is 5.97 Å². The molecule has 0 unspecified atom stereocenters. The van der Waals surface area contributed by atoms with Crippen LogP contribution in [0.5, 0.6) is 0 Å². The van der Waals surface area contributed by atoms with Crippen LogP contribution in [0.3, 0.4) is 0 Å². The van der Waals surface area contributed by atoms with Crippen LogP contribution in [0.15, 0.2) is 22.7 Å². The molecule has 1 saturated heterocycles. The topological polar surface area (TPSA) is 46.6 Å². The van der Waals surface area contributed by atoms with Gasteiger partial charge in [-0.3, -0.25) is 4.79 Å². The summed E-state index contributed by atoms with van der Waals surface area (Å²) in [5.74, 6) is -0.427. The second-order valence-corrected chi connectivity index (χ2v) is 5.36. The van der Waals surface area contributed by atoms with Crippen molar-refractivity contribution in [1.29, 1.82) is 0 Å². The average Bonchev–Trinajstić information content (AvgIpc) is 2.91. The monoisotopic (exact) mass is 325 g/mol. The maximum atomic E-state index is 12.3. The van der Waals surface area contributed by atoms with Crippen LogP contribution in [0.4, 0.5) is 0 Å². The Hall–Kier alpha value is -1.36. The predicted molar refractivity (Wildman–Crippen MR) is 75.2 cm³/mol. The van der Waals surface area contributed by atoms with Crippen molar-refractivity contribution < 1.29 is 14.3 Å². The lowest BCUT2D eigenvalue weighted by Gasteiger charge is -2.16. The minimum atomic E-state index is -0.403. The SMILES string of the molecule is CCOC(=O)c1cc(Br)cc(C(=O)N2CCCC2)c1. The molecule has 0 spiro atoms. The zero-order valence-corrected chi connectivity index (χ0v) is 12.4. The van der Waals surface area contributed by atoms with Crippen LogP contribution < -0.4 is 0 Å². The molecule has 0 atom stereocenters. The van der Waals surface area contributed by atoms with Gasteiger partial charge in [0.2, 0.25) is 0 Å². The highest BCUT2D eigenvalue weighted by atomic mass is 79.9. The number of esters is 1. The first-order chi connectivity index (χ1) is 9.11. The highest BCUT2D eigenvalue weighted by Crippen LogP contribution is 2.20. The third-order valence-electron chi connectivity index (χ3n) is 3.05. The highest BCUT2D eigenvalue weighted by molar-refractivity contribution is 9.10. The van der Waals surface area contributed by atoms with Crippen LogP contribution in [-0.4, -0.2) is 36.5 Å². The predicted octanol–water partition coefficient (Wildman–Crippen LogP) is 2.86. The van der Waals surface area contributed by atoms with Gasteiger partial charge >= 0.3 is 5.97 Å². The molecule has 1 aliphatic heterocycles. The maximum absolute atomic E-state index is 12.3. The van der Waals surface area contributed by atoms with Crippen molar-refractivity contribution in [3.05, 3.63) is 33.8 Å². The van der Waals surface area contributed by atoms with Crippen molar-refractivity contribution in [2.75, 3.05) is 19.7 Å². The molecule has 4 nitrogen and oxygen atoms in total. The van der Waals surface area contributed by atoms with Crippen LogP contribution in [-0.2, 0) is 4.74 Å². The summed E-state index contributed by atoms with van der Waals surface area (Å²) in [6.07, 6.45) is 2.09. The van der Waals surface area contributed by atoms with Crippen molar-refractivity contribution in [3.63, 3.8) is 0 Å². The number of hydrogen-bond donors (Lipinski definition) is 0. The van der Waals surface area contributed by atoms with Gasteiger partial charge in [0.05, 0.1) is 12.2 Å². The van der Waals surface area contributed by atoms with Crippen LogP contribution in [0.1, 0.15) is 40.5 Å². The zero-order valence-electron chi connectivity index (χ0n) is 10.8. The van der Waals surface area contributed by atoms with Gasteiger partial charge in [-0.1, -0.05) is 15.9 Å². The van der Waals surface area contributed by atoms with Gasteiger partial charge in [-0.15, -0.1) is 0 Å². The molecule has 1 aliphatic rings. The van der Waals surface area contributed by atoms with E-state index in [4.69, 9.17) is 4.74 Å². The van der Waals surface area contributed by atoms with Crippen LogP contribution in [0.25, 0.3) is 0 Å². The number of carbonyl (C=O) groups is 2. The van der Waals surface area contributed by atoms with Crippen molar-refractivity contribution in [1.82, 2.24) is 4.90 Å². The fraction of sp³-hybridized carbons (Fsp3) is 0.429. The number of carbonyl (C=O) groups excluding carboxylic acids is 2. The Morgan fingerprint density at radius 1 is 1.21 bits per heavy atom. The number of likely N-dealkylation sites (tertiary alicyclic amines) is 1. The van der Waals surface area contributed by atoms with Crippen molar-refractivity contribution in [2.45, 2.75) is 19.8 Å². The Morgan fingerprint density at radius 3 is 2.47 bits per heavy atom. The van der Waals surface area contributed by atoms with Crippen LogP contribution >= 0.6 is 15.9 Å². The Balaban J connectivity index is 2.25. The summed E-state index contributed by atoms with van der Waals surface area (Å²) in [7, 11) is 0. The molecule has 0 radical (unpaired) electrons. The van der Waals surface area contributed by atoms with Gasteiger partial charge in [0.25, 0.3) is 5.91 Å². The fourth-order valence-corrected chi connectivity index (χ4v) is 2.64. The molecule has 0 aromatic heterocycles. The molecule has 0 aliphatic carbocycles. The summed E-state index contributed by atoms with van der Waals surface area (Å²) in [4.78, 5) is 25.8. The van der Waals surface area contributed by atoms with E-state index in [2.05, 4.69) is 15.9 Å². The minimum absolute atomic E-state index is 0.0238. The Bertz CT molecular complexity index is 495. The van der Waals surface area contributed by atoms with Crippen molar-refractivity contribution in [3.8, 4) is 0 Å². The van der Waals surface area contributed by atoms with Gasteiger partial charge in [0.15, 0.2) is 0 Å². The maximum Gasteiger partial charge on any atom is 0.338 e. The Kier molecular flexibility index (Phi) is 4.58. The van der Waals surface area contributed by atoms with E-state index in [1.54, 1.807) is 25.1 Å². The summed E-state index contributed by atoms with van der Waals surface area (Å²) in [6.45, 7) is 3.66. The molecule has 102 valence electrons. The van der Waals surface area contributed by atoms with Gasteiger partial charge in [0.1, 0.15) is 0 Å². The van der Waals surface area contributed by atoms with Crippen LogP contribution in [0, 0.1) is 0 Å². The second-order valence-electron chi connectivity index (χ2n) is 4.45. The lowest BCUT2D eigenvalue weighted by molar-refractivity contribution is 0.0526. The Morgan fingerprint density at radius 2 is 1.84 bits per heavy atom. The smallest absolute Gasteiger partial charge is 0.338 e. The number of amides is 1. The first kappa shape index (κ1) is 14.1. The molecule has 0 saturated carbocycles. The standard InChI is InChI=1S/C14H16BrNO3/c1-2-19-14(18)11-7-10(8-12(15)9-11)13(17)16-5-3-4-6-16/h7-9H,2-6H2,1H3. The first-order valence-electron chi connectivity index (χ1n) is 6.39. The van der Waals surface area contributed by atoms with Gasteiger partial charge in [-0.25, -0.2) is 4.79 Å². The molecule has 0 bridgehead atoms. The summed E-state index contributed by atoms with van der Waals surface area (Å²) >= 11 is 3.33. The zero-order chi connectivity index (χ0) is 13.8. The molecule has 1 heterocycles. The molecule has 1 fully saturated rings. The number of halogens is 1. The van der Waals surface area contributed by atoms with Gasteiger partial charge in [0, 0.05) is 23.1 Å². The molecular formula is C14H16BrNO3. The van der Waals surface area contributed by atoms with Gasteiger partial charge in [-0.2, -0.15) is 0 Å². The quantitative estimate of drug-likeness (QED) is 0.803. The second kappa shape index (κ2) is 6.19. The number of ether oxygens (including phenoxy) is 1. The summed E-state index contributed by atoms with van der Waals surface area (Å²) in [5, 5.41) is 0. The highest BCUT2D eigenvalue weighted by Gasteiger charge is 2.21.